The summed E-state index contributed by atoms with van der Waals surface area (Å²) >= 11 is 1.24. The Morgan fingerprint density at radius 3 is 2.50 bits per heavy atom. The maximum absolute atomic E-state index is 13.0. The number of methoxy groups -OCH3 is 2. The summed E-state index contributed by atoms with van der Waals surface area (Å²) in [5.41, 5.74) is 3.10. The normalized spacial score (nSPS) is 12.8. The smallest absolute Gasteiger partial charge is 0.257 e. The van der Waals surface area contributed by atoms with Gasteiger partial charge in [-0.05, 0) is 53.9 Å². The van der Waals surface area contributed by atoms with E-state index in [0.717, 1.165) is 17.5 Å². The molecule has 3 aromatic rings. The second-order valence-electron chi connectivity index (χ2n) is 7.32. The number of nitrogens with zero attached hydrogens (tertiary/aromatic N) is 2. The minimum Gasteiger partial charge on any atom is -0.493 e. The van der Waals surface area contributed by atoms with Crippen molar-refractivity contribution in [2.45, 2.75) is 19.4 Å². The molecule has 1 aliphatic heterocycles. The van der Waals surface area contributed by atoms with Gasteiger partial charge in [-0.25, -0.2) is 9.37 Å². The Labute approximate surface area is 188 Å². The molecular formula is C23H22FN3O4S. The summed E-state index contributed by atoms with van der Waals surface area (Å²) in [7, 11) is 3.19. The van der Waals surface area contributed by atoms with E-state index in [1.807, 2.05) is 12.1 Å². The number of amides is 2. The fraction of sp³-hybridized carbons (Fsp3) is 0.261. The van der Waals surface area contributed by atoms with Crippen LogP contribution in [0.5, 0.6) is 11.5 Å². The van der Waals surface area contributed by atoms with Gasteiger partial charge in [0, 0.05) is 24.0 Å². The molecule has 166 valence electrons. The van der Waals surface area contributed by atoms with Gasteiger partial charge in [0.1, 0.15) is 5.82 Å². The average Bonchev–Trinajstić information content (AvgIpc) is 3.24. The van der Waals surface area contributed by atoms with Gasteiger partial charge in [0.15, 0.2) is 16.6 Å². The Balaban J connectivity index is 1.38. The quantitative estimate of drug-likeness (QED) is 0.613. The lowest BCUT2D eigenvalue weighted by molar-refractivity contribution is -0.131. The number of aromatic nitrogens is 1. The number of anilines is 1. The largest absolute Gasteiger partial charge is 0.493 e. The van der Waals surface area contributed by atoms with Crippen LogP contribution >= 0.6 is 11.3 Å². The maximum Gasteiger partial charge on any atom is 0.257 e. The summed E-state index contributed by atoms with van der Waals surface area (Å²) < 4.78 is 23.8. The number of hydrogen-bond acceptors (Lipinski definition) is 6. The summed E-state index contributed by atoms with van der Waals surface area (Å²) in [6.45, 7) is 1.10. The predicted molar refractivity (Wildman–Crippen MR) is 119 cm³/mol. The molecule has 1 N–H and O–H groups in total. The Hall–Kier alpha value is -3.46. The van der Waals surface area contributed by atoms with Crippen LogP contribution in [-0.2, 0) is 24.2 Å². The molecule has 7 nitrogen and oxygen atoms in total. The molecule has 32 heavy (non-hydrogen) atoms. The standard InChI is InChI=1S/C23H22FN3O4S/c1-30-19-9-15-7-8-27(12-16(15)10-20(19)31-2)21(28)11-18-13-32-23(25-18)26-22(29)14-3-5-17(24)6-4-14/h3-6,9-10,13H,7-8,11-12H2,1-2H3,(H,25,26,29). The van der Waals surface area contributed by atoms with Crippen LogP contribution in [0.4, 0.5) is 9.52 Å². The number of hydrogen-bond donors (Lipinski definition) is 1. The molecule has 2 amide bonds. The van der Waals surface area contributed by atoms with E-state index in [2.05, 4.69) is 10.3 Å². The number of carbonyl (C=O) groups excluding carboxylic acids is 2. The van der Waals surface area contributed by atoms with E-state index >= 15 is 0 Å². The fourth-order valence-electron chi connectivity index (χ4n) is 3.58. The first-order valence-electron chi connectivity index (χ1n) is 9.99. The van der Waals surface area contributed by atoms with Crippen molar-refractivity contribution in [3.63, 3.8) is 0 Å². The highest BCUT2D eigenvalue weighted by Crippen LogP contribution is 2.33. The Morgan fingerprint density at radius 2 is 1.81 bits per heavy atom. The third kappa shape index (κ3) is 4.72. The summed E-state index contributed by atoms with van der Waals surface area (Å²) in [5.74, 6) is 0.501. The molecule has 4 rings (SSSR count). The van der Waals surface area contributed by atoms with Crippen LogP contribution in [0.15, 0.2) is 41.8 Å². The van der Waals surface area contributed by atoms with Crippen molar-refractivity contribution in [2.24, 2.45) is 0 Å². The van der Waals surface area contributed by atoms with E-state index in [0.29, 0.717) is 41.0 Å². The lowest BCUT2D eigenvalue weighted by Gasteiger charge is -2.29. The van der Waals surface area contributed by atoms with Gasteiger partial charge in [0.25, 0.3) is 5.91 Å². The average molecular weight is 456 g/mol. The summed E-state index contributed by atoms with van der Waals surface area (Å²) in [4.78, 5) is 31.3. The number of ether oxygens (including phenoxy) is 2. The van der Waals surface area contributed by atoms with Gasteiger partial charge in [-0.15, -0.1) is 11.3 Å². The van der Waals surface area contributed by atoms with Crippen LogP contribution in [0, 0.1) is 5.82 Å². The lowest BCUT2D eigenvalue weighted by Crippen LogP contribution is -2.37. The van der Waals surface area contributed by atoms with Gasteiger partial charge in [-0.3, -0.25) is 14.9 Å². The molecule has 1 aromatic heterocycles. The van der Waals surface area contributed by atoms with Crippen LogP contribution in [0.2, 0.25) is 0 Å². The van der Waals surface area contributed by atoms with Crippen molar-refractivity contribution < 1.29 is 23.5 Å². The fourth-order valence-corrected chi connectivity index (χ4v) is 4.28. The molecule has 9 heteroatoms. The third-order valence-electron chi connectivity index (χ3n) is 5.28. The molecule has 0 radical (unpaired) electrons. The van der Waals surface area contributed by atoms with Crippen molar-refractivity contribution in [1.29, 1.82) is 0 Å². The van der Waals surface area contributed by atoms with Crippen molar-refractivity contribution in [2.75, 3.05) is 26.1 Å². The van der Waals surface area contributed by atoms with Crippen molar-refractivity contribution in [3.8, 4) is 11.5 Å². The number of rotatable bonds is 6. The zero-order valence-corrected chi connectivity index (χ0v) is 18.5. The molecule has 0 unspecified atom stereocenters. The Kier molecular flexibility index (Phi) is 6.36. The minimum absolute atomic E-state index is 0.0350. The van der Waals surface area contributed by atoms with Gasteiger partial charge in [-0.1, -0.05) is 0 Å². The molecule has 0 fully saturated rings. The highest BCUT2D eigenvalue weighted by molar-refractivity contribution is 7.14. The molecule has 0 spiro atoms. The number of carbonyl (C=O) groups is 2. The van der Waals surface area contributed by atoms with E-state index in [-0.39, 0.29) is 18.2 Å². The third-order valence-corrected chi connectivity index (χ3v) is 6.09. The van der Waals surface area contributed by atoms with Crippen molar-refractivity contribution >= 4 is 28.3 Å². The first-order chi connectivity index (χ1) is 15.5. The summed E-state index contributed by atoms with van der Waals surface area (Å²) in [6, 6.07) is 9.14. The molecular weight excluding hydrogens is 433 g/mol. The zero-order chi connectivity index (χ0) is 22.7. The lowest BCUT2D eigenvalue weighted by atomic mass is 9.98. The molecule has 2 aromatic carbocycles. The van der Waals surface area contributed by atoms with Crippen LogP contribution in [0.1, 0.15) is 27.2 Å². The van der Waals surface area contributed by atoms with Crippen LogP contribution in [0.3, 0.4) is 0 Å². The van der Waals surface area contributed by atoms with Gasteiger partial charge < -0.3 is 14.4 Å². The monoisotopic (exact) mass is 455 g/mol. The first-order valence-corrected chi connectivity index (χ1v) is 10.9. The van der Waals surface area contributed by atoms with Gasteiger partial charge in [-0.2, -0.15) is 0 Å². The summed E-state index contributed by atoms with van der Waals surface area (Å²) in [5, 5.41) is 4.83. The highest BCUT2D eigenvalue weighted by Gasteiger charge is 2.23. The Bertz CT molecular complexity index is 1150. The minimum atomic E-state index is -0.408. The topological polar surface area (TPSA) is 80.8 Å². The highest BCUT2D eigenvalue weighted by atomic mass is 32.1. The van der Waals surface area contributed by atoms with E-state index in [9.17, 15) is 14.0 Å². The number of fused-ring (bicyclic) bond motifs is 1. The Morgan fingerprint density at radius 1 is 1.12 bits per heavy atom. The molecule has 0 saturated carbocycles. The second-order valence-corrected chi connectivity index (χ2v) is 8.18. The first kappa shape index (κ1) is 21.8. The number of benzene rings is 2. The molecule has 0 saturated heterocycles. The van der Waals surface area contributed by atoms with Gasteiger partial charge in [0.2, 0.25) is 5.91 Å². The van der Waals surface area contributed by atoms with Crippen molar-refractivity contribution in [1.82, 2.24) is 9.88 Å². The molecule has 1 aliphatic rings. The second kappa shape index (κ2) is 9.35. The number of nitrogens with one attached hydrogen (secondary N) is 1. The summed E-state index contributed by atoms with van der Waals surface area (Å²) in [6.07, 6.45) is 0.878. The van der Waals surface area contributed by atoms with E-state index in [1.165, 1.54) is 35.6 Å². The zero-order valence-electron chi connectivity index (χ0n) is 17.7. The van der Waals surface area contributed by atoms with E-state index < -0.39 is 5.82 Å². The maximum atomic E-state index is 13.0. The van der Waals surface area contributed by atoms with E-state index in [1.54, 1.807) is 24.5 Å². The van der Waals surface area contributed by atoms with Gasteiger partial charge in [0.05, 0.1) is 26.3 Å². The predicted octanol–water partition coefficient (Wildman–Crippen LogP) is 3.68. The van der Waals surface area contributed by atoms with Gasteiger partial charge >= 0.3 is 0 Å². The molecule has 2 heterocycles. The molecule has 0 aliphatic carbocycles. The number of halogens is 1. The number of thiazole rings is 1. The van der Waals surface area contributed by atoms with Crippen LogP contribution < -0.4 is 14.8 Å². The van der Waals surface area contributed by atoms with Crippen molar-refractivity contribution in [3.05, 3.63) is 70.0 Å². The molecule has 0 atom stereocenters. The molecule has 0 bridgehead atoms. The van der Waals surface area contributed by atoms with Crippen LogP contribution in [-0.4, -0.2) is 42.5 Å². The van der Waals surface area contributed by atoms with E-state index in [4.69, 9.17) is 9.47 Å². The SMILES string of the molecule is COc1cc2c(cc1OC)CN(C(=O)Cc1csc(NC(=O)c3ccc(F)cc3)n1)CC2. The van der Waals surface area contributed by atoms with Crippen LogP contribution in [0.25, 0.3) is 0 Å².